The zero-order valence-electron chi connectivity index (χ0n) is 9.33. The van der Waals surface area contributed by atoms with E-state index in [1.165, 1.54) is 7.11 Å². The van der Waals surface area contributed by atoms with Crippen molar-refractivity contribution in [2.45, 2.75) is 26.2 Å². The van der Waals surface area contributed by atoms with Crippen molar-refractivity contribution >= 4 is 11.7 Å². The molecule has 1 heterocycles. The molecule has 0 unspecified atom stereocenters. The molecule has 0 saturated heterocycles. The van der Waals surface area contributed by atoms with Crippen LogP contribution in [0.4, 0.5) is 0 Å². The molecule has 0 radical (unpaired) electrons. The van der Waals surface area contributed by atoms with Gasteiger partial charge in [-0.1, -0.05) is 5.16 Å². The third kappa shape index (κ3) is 1.48. The highest BCUT2D eigenvalue weighted by Crippen LogP contribution is 2.27. The van der Waals surface area contributed by atoms with Gasteiger partial charge in [0, 0.05) is 11.3 Å². The fourth-order valence-corrected chi connectivity index (χ4v) is 2.20. The number of esters is 1. The van der Waals surface area contributed by atoms with Crippen molar-refractivity contribution < 1.29 is 14.7 Å². The molecule has 0 aliphatic heterocycles. The molecule has 0 saturated carbocycles. The highest BCUT2D eigenvalue weighted by atomic mass is 16.5. The van der Waals surface area contributed by atoms with E-state index in [0.717, 1.165) is 36.1 Å². The summed E-state index contributed by atoms with van der Waals surface area (Å²) in [6.45, 7) is 1.83. The summed E-state index contributed by atoms with van der Waals surface area (Å²) < 4.78 is 4.69. The molecule has 16 heavy (non-hydrogen) atoms. The minimum atomic E-state index is -0.385. The Bertz CT molecular complexity index is 460. The maximum Gasteiger partial charge on any atom is 0.354 e. The molecule has 2 rings (SSSR count). The number of carbonyl (C=O) groups is 1. The lowest BCUT2D eigenvalue weighted by atomic mass is 9.93. The summed E-state index contributed by atoms with van der Waals surface area (Å²) >= 11 is 0. The molecule has 5 heteroatoms. The molecule has 0 spiro atoms. The fraction of sp³-hybridized carbons (Fsp3) is 0.455. The Morgan fingerprint density at radius 2 is 2.25 bits per heavy atom. The summed E-state index contributed by atoms with van der Waals surface area (Å²) in [6.07, 6.45) is 2.53. The van der Waals surface area contributed by atoms with E-state index in [1.807, 2.05) is 6.92 Å². The van der Waals surface area contributed by atoms with E-state index in [2.05, 4.69) is 10.1 Å². The molecule has 1 aliphatic rings. The standard InChI is InChI=1S/C11H14N2O3/c1-6-9-7(4-3-5-8(9)13-15)12-10(6)11(14)16-2/h12,15H,3-5H2,1-2H3. The van der Waals surface area contributed by atoms with Gasteiger partial charge in [0.15, 0.2) is 0 Å². The van der Waals surface area contributed by atoms with Gasteiger partial charge in [0.25, 0.3) is 0 Å². The van der Waals surface area contributed by atoms with E-state index in [0.29, 0.717) is 11.4 Å². The molecule has 5 nitrogen and oxygen atoms in total. The second-order valence-electron chi connectivity index (χ2n) is 3.87. The lowest BCUT2D eigenvalue weighted by Crippen LogP contribution is -2.11. The molecule has 1 aliphatic carbocycles. The molecular formula is C11H14N2O3. The summed E-state index contributed by atoms with van der Waals surface area (Å²) in [5.41, 5.74) is 3.72. The second kappa shape index (κ2) is 4.00. The van der Waals surface area contributed by atoms with Crippen LogP contribution in [-0.4, -0.2) is 29.0 Å². The van der Waals surface area contributed by atoms with Crippen molar-refractivity contribution in [2.24, 2.45) is 5.16 Å². The number of fused-ring (bicyclic) bond motifs is 1. The van der Waals surface area contributed by atoms with Gasteiger partial charge in [0.2, 0.25) is 0 Å². The molecule has 0 atom stereocenters. The fourth-order valence-electron chi connectivity index (χ4n) is 2.20. The van der Waals surface area contributed by atoms with Gasteiger partial charge in [0.1, 0.15) is 5.69 Å². The average molecular weight is 222 g/mol. The van der Waals surface area contributed by atoms with Crippen LogP contribution in [-0.2, 0) is 11.2 Å². The van der Waals surface area contributed by atoms with Crippen LogP contribution in [0.5, 0.6) is 0 Å². The van der Waals surface area contributed by atoms with Crippen LogP contribution in [0.15, 0.2) is 5.16 Å². The van der Waals surface area contributed by atoms with Crippen molar-refractivity contribution in [3.05, 3.63) is 22.5 Å². The van der Waals surface area contributed by atoms with Crippen LogP contribution in [0.3, 0.4) is 0 Å². The van der Waals surface area contributed by atoms with Gasteiger partial charge in [0.05, 0.1) is 12.8 Å². The van der Waals surface area contributed by atoms with E-state index < -0.39 is 0 Å². The third-order valence-electron chi connectivity index (χ3n) is 2.97. The lowest BCUT2D eigenvalue weighted by Gasteiger charge is -2.12. The van der Waals surface area contributed by atoms with Crippen LogP contribution in [0.1, 0.15) is 40.2 Å². The minimum Gasteiger partial charge on any atom is -0.464 e. The molecule has 0 aromatic carbocycles. The molecule has 0 bridgehead atoms. The first-order chi connectivity index (χ1) is 7.69. The van der Waals surface area contributed by atoms with Crippen LogP contribution < -0.4 is 0 Å². The topological polar surface area (TPSA) is 74.7 Å². The first-order valence-electron chi connectivity index (χ1n) is 5.20. The van der Waals surface area contributed by atoms with Crippen molar-refractivity contribution in [2.75, 3.05) is 7.11 Å². The van der Waals surface area contributed by atoms with Crippen molar-refractivity contribution in [3.8, 4) is 0 Å². The lowest BCUT2D eigenvalue weighted by molar-refractivity contribution is 0.0594. The number of methoxy groups -OCH3 is 1. The number of ether oxygens (including phenoxy) is 1. The smallest absolute Gasteiger partial charge is 0.354 e. The van der Waals surface area contributed by atoms with Crippen LogP contribution in [0.2, 0.25) is 0 Å². The Morgan fingerprint density at radius 3 is 2.88 bits per heavy atom. The molecule has 86 valence electrons. The van der Waals surface area contributed by atoms with Crippen molar-refractivity contribution in [3.63, 3.8) is 0 Å². The van der Waals surface area contributed by atoms with Gasteiger partial charge in [-0.25, -0.2) is 4.79 Å². The summed E-state index contributed by atoms with van der Waals surface area (Å²) in [5, 5.41) is 12.2. The zero-order valence-corrected chi connectivity index (χ0v) is 9.33. The zero-order chi connectivity index (χ0) is 11.7. The number of nitrogens with one attached hydrogen (secondary N) is 1. The van der Waals surface area contributed by atoms with Gasteiger partial charge in [-0.3, -0.25) is 0 Å². The predicted molar refractivity (Wildman–Crippen MR) is 58.1 cm³/mol. The number of H-pyrrole nitrogens is 1. The monoisotopic (exact) mass is 222 g/mol. The SMILES string of the molecule is COC(=O)c1[nH]c2c(c1C)C(=NO)CCC2. The Balaban J connectivity index is 2.55. The molecule has 0 fully saturated rings. The van der Waals surface area contributed by atoms with Gasteiger partial charge in [-0.2, -0.15) is 0 Å². The normalized spacial score (nSPS) is 17.2. The molecule has 2 N–H and O–H groups in total. The number of hydrogen-bond donors (Lipinski definition) is 2. The summed E-state index contributed by atoms with van der Waals surface area (Å²) in [5.74, 6) is -0.385. The van der Waals surface area contributed by atoms with Gasteiger partial charge >= 0.3 is 5.97 Å². The van der Waals surface area contributed by atoms with Crippen molar-refractivity contribution in [1.82, 2.24) is 4.98 Å². The predicted octanol–water partition coefficient (Wildman–Crippen LogP) is 1.62. The average Bonchev–Trinajstić information content (AvgIpc) is 2.66. The summed E-state index contributed by atoms with van der Waals surface area (Å²) in [4.78, 5) is 14.5. The Labute approximate surface area is 93.1 Å². The summed E-state index contributed by atoms with van der Waals surface area (Å²) in [6, 6.07) is 0. The molecule has 1 aromatic heterocycles. The third-order valence-corrected chi connectivity index (χ3v) is 2.97. The number of hydrogen-bond acceptors (Lipinski definition) is 4. The van der Waals surface area contributed by atoms with E-state index >= 15 is 0 Å². The highest BCUT2D eigenvalue weighted by Gasteiger charge is 2.25. The number of rotatable bonds is 1. The molecule has 1 aromatic rings. The van der Waals surface area contributed by atoms with Crippen LogP contribution >= 0.6 is 0 Å². The van der Waals surface area contributed by atoms with Crippen molar-refractivity contribution in [1.29, 1.82) is 0 Å². The van der Waals surface area contributed by atoms with Gasteiger partial charge in [-0.05, 0) is 31.7 Å². The Kier molecular flexibility index (Phi) is 2.68. The van der Waals surface area contributed by atoms with E-state index in [4.69, 9.17) is 9.94 Å². The highest BCUT2D eigenvalue weighted by molar-refractivity contribution is 6.06. The van der Waals surface area contributed by atoms with Gasteiger partial charge in [-0.15, -0.1) is 0 Å². The quantitative estimate of drug-likeness (QED) is 0.431. The Morgan fingerprint density at radius 1 is 1.50 bits per heavy atom. The second-order valence-corrected chi connectivity index (χ2v) is 3.87. The van der Waals surface area contributed by atoms with Gasteiger partial charge < -0.3 is 14.9 Å². The van der Waals surface area contributed by atoms with Crippen LogP contribution in [0, 0.1) is 6.92 Å². The number of nitrogens with zero attached hydrogens (tertiary/aromatic N) is 1. The van der Waals surface area contributed by atoms with E-state index in [-0.39, 0.29) is 5.97 Å². The number of oxime groups is 1. The number of aromatic amines is 1. The van der Waals surface area contributed by atoms with Crippen LogP contribution in [0.25, 0.3) is 0 Å². The number of carbonyl (C=O) groups excluding carboxylic acids is 1. The summed E-state index contributed by atoms with van der Waals surface area (Å²) in [7, 11) is 1.35. The first kappa shape index (κ1) is 10.7. The largest absolute Gasteiger partial charge is 0.464 e. The molecular weight excluding hydrogens is 208 g/mol. The van der Waals surface area contributed by atoms with E-state index in [1.54, 1.807) is 0 Å². The number of aromatic nitrogens is 1. The number of aryl methyl sites for hydroxylation is 1. The Hall–Kier alpha value is -1.78. The molecule has 0 amide bonds. The maximum absolute atomic E-state index is 11.5. The minimum absolute atomic E-state index is 0.385. The van der Waals surface area contributed by atoms with E-state index in [9.17, 15) is 4.79 Å². The maximum atomic E-state index is 11.5. The first-order valence-corrected chi connectivity index (χ1v) is 5.20.